The molecule has 5 rings (SSSR count). The van der Waals surface area contributed by atoms with E-state index in [1.807, 2.05) is 97.3 Å². The number of ether oxygens (including phenoxy) is 1. The average molecular weight is 471 g/mol. The first-order valence-electron chi connectivity index (χ1n) is 11.8. The summed E-state index contributed by atoms with van der Waals surface area (Å²) in [6.07, 6.45) is 5.48. The Balaban J connectivity index is 1.84. The third-order valence-corrected chi connectivity index (χ3v) is 6.39. The summed E-state index contributed by atoms with van der Waals surface area (Å²) >= 11 is 0. The largest absolute Gasteiger partial charge is 0.465 e. The molecule has 5 aromatic rings. The number of carbonyl (C=O) groups excluding carboxylic acids is 1. The Hall–Kier alpha value is -4.70. The summed E-state index contributed by atoms with van der Waals surface area (Å²) in [6, 6.07) is 40.7. The lowest BCUT2D eigenvalue weighted by molar-refractivity contribution is -0.133. The topological polar surface area (TPSA) is 44.1 Å². The number of benzene rings is 4. The summed E-state index contributed by atoms with van der Waals surface area (Å²) in [4.78, 5) is 17.5. The monoisotopic (exact) mass is 470 g/mol. The number of carbonyl (C=O) groups is 1. The summed E-state index contributed by atoms with van der Waals surface area (Å²) in [5.41, 5.74) is 4.52. The lowest BCUT2D eigenvalue weighted by atomic mass is 9.76. The lowest BCUT2D eigenvalue weighted by Crippen LogP contribution is -2.38. The van der Waals surface area contributed by atoms with Gasteiger partial charge in [0.15, 0.2) is 0 Å². The molecule has 0 bridgehead atoms. The molecule has 4 aromatic carbocycles. The lowest BCUT2D eigenvalue weighted by Gasteiger charge is -2.38. The summed E-state index contributed by atoms with van der Waals surface area (Å²) < 4.78 is 7.30. The Morgan fingerprint density at radius 2 is 1.17 bits per heavy atom. The van der Waals surface area contributed by atoms with E-state index >= 15 is 0 Å². The Morgan fingerprint density at radius 1 is 0.722 bits per heavy atom. The molecule has 1 aromatic heterocycles. The molecule has 176 valence electrons. The van der Waals surface area contributed by atoms with E-state index in [0.717, 1.165) is 27.9 Å². The van der Waals surface area contributed by atoms with Crippen LogP contribution < -0.4 is 0 Å². The van der Waals surface area contributed by atoms with Gasteiger partial charge in [0.05, 0.1) is 30.9 Å². The van der Waals surface area contributed by atoms with E-state index < -0.39 is 11.5 Å². The molecule has 0 aliphatic heterocycles. The molecule has 0 spiro atoms. The molecule has 4 nitrogen and oxygen atoms in total. The van der Waals surface area contributed by atoms with Gasteiger partial charge in [-0.3, -0.25) is 0 Å². The molecular weight excluding hydrogens is 444 g/mol. The Bertz CT molecular complexity index is 1360. The minimum atomic E-state index is -0.732. The standard InChI is InChI=1S/C32H26N2O2/c1-36-31(35)30(25-14-6-2-7-15-25)22-29-23-33-24-34(29)32(26-16-8-3-9-17-26,27-18-10-4-11-19-27)28-20-12-5-13-21-28/h2-24H,1H3/b30-22-. The number of hydrogen-bond donors (Lipinski definition) is 0. The molecule has 0 saturated heterocycles. The van der Waals surface area contributed by atoms with E-state index in [1.54, 1.807) is 6.20 Å². The van der Waals surface area contributed by atoms with Crippen LogP contribution >= 0.6 is 0 Å². The van der Waals surface area contributed by atoms with Crippen LogP contribution in [0.5, 0.6) is 0 Å². The third kappa shape index (κ3) is 4.14. The van der Waals surface area contributed by atoms with Crippen molar-refractivity contribution in [1.29, 1.82) is 0 Å². The SMILES string of the molecule is COC(=O)/C(=C\c1cncn1C(c1ccccc1)(c1ccccc1)c1ccccc1)c1ccccc1. The van der Waals surface area contributed by atoms with E-state index in [0.29, 0.717) is 5.57 Å². The summed E-state index contributed by atoms with van der Waals surface area (Å²) in [7, 11) is 1.40. The van der Waals surface area contributed by atoms with Gasteiger partial charge in [-0.1, -0.05) is 121 Å². The summed E-state index contributed by atoms with van der Waals surface area (Å²) in [5, 5.41) is 0. The number of esters is 1. The fourth-order valence-corrected chi connectivity index (χ4v) is 4.78. The quantitative estimate of drug-likeness (QED) is 0.156. The normalized spacial score (nSPS) is 11.8. The van der Waals surface area contributed by atoms with Gasteiger partial charge in [0.1, 0.15) is 5.54 Å². The van der Waals surface area contributed by atoms with Crippen molar-refractivity contribution < 1.29 is 9.53 Å². The fraction of sp³-hybridized carbons (Fsp3) is 0.0625. The van der Waals surface area contributed by atoms with Gasteiger partial charge in [-0.05, 0) is 28.3 Å². The number of hydrogen-bond acceptors (Lipinski definition) is 3. The highest BCUT2D eigenvalue weighted by molar-refractivity contribution is 6.21. The van der Waals surface area contributed by atoms with Crippen LogP contribution in [0.4, 0.5) is 0 Å². The van der Waals surface area contributed by atoms with Crippen LogP contribution in [-0.4, -0.2) is 22.6 Å². The molecule has 0 fully saturated rings. The second-order valence-electron chi connectivity index (χ2n) is 8.41. The maximum Gasteiger partial charge on any atom is 0.338 e. The highest BCUT2D eigenvalue weighted by atomic mass is 16.5. The van der Waals surface area contributed by atoms with Crippen molar-refractivity contribution in [3.8, 4) is 0 Å². The molecule has 0 saturated carbocycles. The van der Waals surface area contributed by atoms with Gasteiger partial charge in [-0.2, -0.15) is 0 Å². The number of methoxy groups -OCH3 is 1. The predicted octanol–water partition coefficient (Wildman–Crippen LogP) is 6.44. The predicted molar refractivity (Wildman–Crippen MR) is 143 cm³/mol. The summed E-state index contributed by atoms with van der Waals surface area (Å²) in [5.74, 6) is -0.404. The minimum Gasteiger partial charge on any atom is -0.465 e. The second kappa shape index (κ2) is 10.3. The zero-order valence-corrected chi connectivity index (χ0v) is 20.0. The molecule has 0 atom stereocenters. The zero-order chi connectivity index (χ0) is 24.8. The van der Waals surface area contributed by atoms with Crippen molar-refractivity contribution in [3.63, 3.8) is 0 Å². The van der Waals surface area contributed by atoms with Crippen molar-refractivity contribution >= 4 is 17.6 Å². The smallest absolute Gasteiger partial charge is 0.338 e. The zero-order valence-electron chi connectivity index (χ0n) is 20.0. The van der Waals surface area contributed by atoms with E-state index in [4.69, 9.17) is 4.74 Å². The molecule has 0 N–H and O–H groups in total. The molecule has 0 radical (unpaired) electrons. The van der Waals surface area contributed by atoms with E-state index in [1.165, 1.54) is 7.11 Å². The van der Waals surface area contributed by atoms with Gasteiger partial charge in [0.25, 0.3) is 0 Å². The van der Waals surface area contributed by atoms with Crippen LogP contribution in [0.1, 0.15) is 27.9 Å². The first kappa shape index (κ1) is 23.1. The van der Waals surface area contributed by atoms with Crippen molar-refractivity contribution in [2.24, 2.45) is 0 Å². The molecule has 36 heavy (non-hydrogen) atoms. The maximum absolute atomic E-state index is 12.9. The molecule has 0 aliphatic rings. The molecule has 0 aliphatic carbocycles. The van der Waals surface area contributed by atoms with E-state index in [9.17, 15) is 4.79 Å². The van der Waals surface area contributed by atoms with Crippen LogP contribution in [0.3, 0.4) is 0 Å². The van der Waals surface area contributed by atoms with Crippen molar-refractivity contribution in [2.75, 3.05) is 7.11 Å². The van der Waals surface area contributed by atoms with Gasteiger partial charge in [0, 0.05) is 0 Å². The van der Waals surface area contributed by atoms with Crippen molar-refractivity contribution in [3.05, 3.63) is 162 Å². The van der Waals surface area contributed by atoms with Crippen molar-refractivity contribution in [2.45, 2.75) is 5.54 Å². The van der Waals surface area contributed by atoms with Gasteiger partial charge in [-0.15, -0.1) is 0 Å². The first-order valence-corrected chi connectivity index (χ1v) is 11.8. The highest BCUT2D eigenvalue weighted by Gasteiger charge is 2.39. The number of rotatable bonds is 7. The number of imidazole rings is 1. The van der Waals surface area contributed by atoms with Crippen LogP contribution in [-0.2, 0) is 15.1 Å². The average Bonchev–Trinajstić information content (AvgIpc) is 3.42. The van der Waals surface area contributed by atoms with Gasteiger partial charge < -0.3 is 9.30 Å². The fourth-order valence-electron chi connectivity index (χ4n) is 4.78. The van der Waals surface area contributed by atoms with Crippen LogP contribution in [0, 0.1) is 0 Å². The summed E-state index contributed by atoms with van der Waals surface area (Å²) in [6.45, 7) is 0. The number of aromatic nitrogens is 2. The third-order valence-electron chi connectivity index (χ3n) is 6.39. The van der Waals surface area contributed by atoms with Gasteiger partial charge in [0.2, 0.25) is 0 Å². The Morgan fingerprint density at radius 3 is 1.61 bits per heavy atom. The van der Waals surface area contributed by atoms with Crippen LogP contribution in [0.25, 0.3) is 11.6 Å². The molecule has 0 amide bonds. The maximum atomic E-state index is 12.9. The second-order valence-corrected chi connectivity index (χ2v) is 8.41. The molecule has 1 heterocycles. The van der Waals surface area contributed by atoms with E-state index in [-0.39, 0.29) is 0 Å². The Labute approximate surface area is 211 Å². The minimum absolute atomic E-state index is 0.404. The van der Waals surface area contributed by atoms with Crippen LogP contribution in [0.2, 0.25) is 0 Å². The van der Waals surface area contributed by atoms with Gasteiger partial charge >= 0.3 is 5.97 Å². The molecular formula is C32H26N2O2. The number of nitrogens with zero attached hydrogens (tertiary/aromatic N) is 2. The van der Waals surface area contributed by atoms with Crippen molar-refractivity contribution in [1.82, 2.24) is 9.55 Å². The Kier molecular flexibility index (Phi) is 6.59. The van der Waals surface area contributed by atoms with E-state index in [2.05, 4.69) is 45.9 Å². The van der Waals surface area contributed by atoms with Crippen LogP contribution in [0.15, 0.2) is 134 Å². The first-order chi connectivity index (χ1) is 17.7. The highest BCUT2D eigenvalue weighted by Crippen LogP contribution is 2.42. The molecule has 0 unspecified atom stereocenters. The molecule has 4 heteroatoms. The van der Waals surface area contributed by atoms with Gasteiger partial charge in [-0.25, -0.2) is 9.78 Å².